The summed E-state index contributed by atoms with van der Waals surface area (Å²) in [7, 11) is 0. The lowest BCUT2D eigenvalue weighted by Gasteiger charge is -2.19. The summed E-state index contributed by atoms with van der Waals surface area (Å²) in [4.78, 5) is 0. The average molecular weight is 335 g/mol. The molecule has 0 aliphatic carbocycles. The molecule has 0 aliphatic heterocycles. The maximum absolute atomic E-state index is 13.8. The molecule has 1 atom stereocenters. The smallest absolute Gasteiger partial charge is 0.166 e. The molecule has 0 heterocycles. The van der Waals surface area contributed by atoms with E-state index in [0.29, 0.717) is 0 Å². The lowest BCUT2D eigenvalue weighted by atomic mass is 10.1. The average Bonchev–Trinajstić information content (AvgIpc) is 2.47. The monoisotopic (exact) mass is 334 g/mol. The minimum absolute atomic E-state index is 0.0789. The third kappa shape index (κ3) is 3.16. The SMILES string of the molecule is N#Cc1ccc(OC(CN)c2ccccc2Br)c(F)c1. The molecule has 2 N–H and O–H groups in total. The fourth-order valence-electron chi connectivity index (χ4n) is 1.79. The van der Waals surface area contributed by atoms with E-state index in [-0.39, 0.29) is 17.9 Å². The first-order valence-corrected chi connectivity index (χ1v) is 6.75. The standard InChI is InChI=1S/C15H12BrFN2O/c16-12-4-2-1-3-11(12)15(9-19)20-14-6-5-10(8-18)7-13(14)17/h1-7,15H,9,19H2. The molecule has 0 aromatic heterocycles. The van der Waals surface area contributed by atoms with Crippen molar-refractivity contribution in [3.8, 4) is 11.8 Å². The van der Waals surface area contributed by atoms with E-state index in [1.165, 1.54) is 12.1 Å². The lowest BCUT2D eigenvalue weighted by Crippen LogP contribution is -2.19. The minimum Gasteiger partial charge on any atom is -0.481 e. The highest BCUT2D eigenvalue weighted by Crippen LogP contribution is 2.28. The van der Waals surface area contributed by atoms with E-state index in [1.54, 1.807) is 0 Å². The summed E-state index contributed by atoms with van der Waals surface area (Å²) in [5, 5.41) is 8.71. The Hall–Kier alpha value is -1.90. The summed E-state index contributed by atoms with van der Waals surface area (Å²) in [5.74, 6) is -0.496. The second-order valence-corrected chi connectivity index (χ2v) is 4.98. The summed E-state index contributed by atoms with van der Waals surface area (Å²) in [6, 6.07) is 13.4. The Morgan fingerprint density at radius 3 is 2.65 bits per heavy atom. The van der Waals surface area contributed by atoms with Crippen LogP contribution in [0.1, 0.15) is 17.2 Å². The largest absolute Gasteiger partial charge is 0.481 e. The number of rotatable bonds is 4. The molecule has 0 bridgehead atoms. The topological polar surface area (TPSA) is 59.0 Å². The molecule has 3 nitrogen and oxygen atoms in total. The van der Waals surface area contributed by atoms with Crippen molar-refractivity contribution in [2.75, 3.05) is 6.54 Å². The van der Waals surface area contributed by atoms with Gasteiger partial charge >= 0.3 is 0 Å². The van der Waals surface area contributed by atoms with Crippen molar-refractivity contribution >= 4 is 15.9 Å². The second-order valence-electron chi connectivity index (χ2n) is 4.12. The van der Waals surface area contributed by atoms with E-state index in [2.05, 4.69) is 15.9 Å². The molecule has 0 fully saturated rings. The van der Waals surface area contributed by atoms with Crippen LogP contribution in [0.25, 0.3) is 0 Å². The highest BCUT2D eigenvalue weighted by Gasteiger charge is 2.16. The number of nitrogens with zero attached hydrogens (tertiary/aromatic N) is 1. The van der Waals surface area contributed by atoms with Gasteiger partial charge in [0.15, 0.2) is 11.6 Å². The second kappa shape index (κ2) is 6.51. The van der Waals surface area contributed by atoms with Crippen molar-refractivity contribution in [1.29, 1.82) is 5.26 Å². The van der Waals surface area contributed by atoms with E-state index >= 15 is 0 Å². The van der Waals surface area contributed by atoms with Gasteiger partial charge in [-0.25, -0.2) is 4.39 Å². The summed E-state index contributed by atoms with van der Waals surface area (Å²) in [6.45, 7) is 0.210. The van der Waals surface area contributed by atoms with Gasteiger partial charge in [-0.1, -0.05) is 34.1 Å². The maximum atomic E-state index is 13.8. The molecule has 2 aromatic rings. The van der Waals surface area contributed by atoms with Gasteiger partial charge in [-0.2, -0.15) is 5.26 Å². The van der Waals surface area contributed by atoms with E-state index in [9.17, 15) is 4.39 Å². The van der Waals surface area contributed by atoms with Gasteiger partial charge in [-0.05, 0) is 24.3 Å². The molecule has 0 aliphatic rings. The van der Waals surface area contributed by atoms with Crippen molar-refractivity contribution < 1.29 is 9.13 Å². The first-order valence-electron chi connectivity index (χ1n) is 5.96. The Labute approximate surface area is 124 Å². The Bertz CT molecular complexity index is 655. The normalized spacial score (nSPS) is 11.7. The molecule has 102 valence electrons. The molecule has 5 heteroatoms. The molecule has 2 rings (SSSR count). The fourth-order valence-corrected chi connectivity index (χ4v) is 2.33. The van der Waals surface area contributed by atoms with Gasteiger partial charge in [0.25, 0.3) is 0 Å². The highest BCUT2D eigenvalue weighted by molar-refractivity contribution is 9.10. The number of ether oxygens (including phenoxy) is 1. The van der Waals surface area contributed by atoms with Gasteiger partial charge in [0.05, 0.1) is 11.6 Å². The predicted molar refractivity (Wildman–Crippen MR) is 77.7 cm³/mol. The van der Waals surface area contributed by atoms with Crippen molar-refractivity contribution in [2.24, 2.45) is 5.73 Å². The zero-order chi connectivity index (χ0) is 14.5. The molecule has 20 heavy (non-hydrogen) atoms. The van der Waals surface area contributed by atoms with Crippen molar-refractivity contribution in [3.63, 3.8) is 0 Å². The molecule has 0 radical (unpaired) electrons. The number of hydrogen-bond donors (Lipinski definition) is 1. The van der Waals surface area contributed by atoms with Crippen LogP contribution in [0.2, 0.25) is 0 Å². The van der Waals surface area contributed by atoms with E-state index in [1.807, 2.05) is 30.3 Å². The van der Waals surface area contributed by atoms with Crippen LogP contribution < -0.4 is 10.5 Å². The molecule has 1 unspecified atom stereocenters. The van der Waals surface area contributed by atoms with Crippen LogP contribution in [-0.4, -0.2) is 6.54 Å². The Morgan fingerprint density at radius 1 is 1.30 bits per heavy atom. The van der Waals surface area contributed by atoms with Gasteiger partial charge in [0.2, 0.25) is 0 Å². The van der Waals surface area contributed by atoms with Crippen LogP contribution in [0.15, 0.2) is 46.9 Å². The maximum Gasteiger partial charge on any atom is 0.166 e. The summed E-state index contributed by atoms with van der Waals surface area (Å²) in [5.41, 5.74) is 6.80. The van der Waals surface area contributed by atoms with Crippen LogP contribution in [0.4, 0.5) is 4.39 Å². The fraction of sp³-hybridized carbons (Fsp3) is 0.133. The Kier molecular flexibility index (Phi) is 4.72. The Balaban J connectivity index is 2.28. The van der Waals surface area contributed by atoms with Gasteiger partial charge in [0, 0.05) is 16.6 Å². The van der Waals surface area contributed by atoms with Gasteiger partial charge < -0.3 is 10.5 Å². The number of nitriles is 1. The molecule has 0 saturated heterocycles. The predicted octanol–water partition coefficient (Wildman–Crippen LogP) is 3.54. The minimum atomic E-state index is -0.574. The third-order valence-corrected chi connectivity index (χ3v) is 3.52. The Morgan fingerprint density at radius 2 is 2.05 bits per heavy atom. The molecule has 2 aromatic carbocycles. The first-order chi connectivity index (χ1) is 9.65. The summed E-state index contributed by atoms with van der Waals surface area (Å²) in [6.07, 6.45) is -0.465. The number of halogens is 2. The summed E-state index contributed by atoms with van der Waals surface area (Å²) < 4.78 is 20.3. The lowest BCUT2D eigenvalue weighted by molar-refractivity contribution is 0.204. The van der Waals surface area contributed by atoms with Gasteiger partial charge in [0.1, 0.15) is 6.10 Å². The van der Waals surface area contributed by atoms with Crippen LogP contribution in [0.3, 0.4) is 0 Å². The van der Waals surface area contributed by atoms with Gasteiger partial charge in [-0.3, -0.25) is 0 Å². The number of nitrogens with two attached hydrogens (primary N) is 1. The molecule has 0 amide bonds. The van der Waals surface area contributed by atoms with E-state index < -0.39 is 11.9 Å². The third-order valence-electron chi connectivity index (χ3n) is 2.80. The quantitative estimate of drug-likeness (QED) is 0.930. The van der Waals surface area contributed by atoms with Gasteiger partial charge in [-0.15, -0.1) is 0 Å². The van der Waals surface area contributed by atoms with Crippen LogP contribution in [0.5, 0.6) is 5.75 Å². The zero-order valence-electron chi connectivity index (χ0n) is 10.5. The highest BCUT2D eigenvalue weighted by atomic mass is 79.9. The zero-order valence-corrected chi connectivity index (χ0v) is 12.1. The first kappa shape index (κ1) is 14.5. The summed E-state index contributed by atoms with van der Waals surface area (Å²) >= 11 is 3.42. The van der Waals surface area contributed by atoms with Crippen LogP contribution in [0, 0.1) is 17.1 Å². The molecule has 0 saturated carbocycles. The molecular formula is C15H12BrFN2O. The van der Waals surface area contributed by atoms with E-state index in [0.717, 1.165) is 16.1 Å². The number of hydrogen-bond acceptors (Lipinski definition) is 3. The van der Waals surface area contributed by atoms with Crippen molar-refractivity contribution in [3.05, 3.63) is 63.9 Å². The van der Waals surface area contributed by atoms with Crippen molar-refractivity contribution in [2.45, 2.75) is 6.10 Å². The van der Waals surface area contributed by atoms with Crippen molar-refractivity contribution in [1.82, 2.24) is 0 Å². The molecular weight excluding hydrogens is 323 g/mol. The van der Waals surface area contributed by atoms with Crippen LogP contribution in [-0.2, 0) is 0 Å². The number of benzene rings is 2. The van der Waals surface area contributed by atoms with Crippen LogP contribution >= 0.6 is 15.9 Å². The van der Waals surface area contributed by atoms with E-state index in [4.69, 9.17) is 15.7 Å². The molecule has 0 spiro atoms.